The highest BCUT2D eigenvalue weighted by Gasteiger charge is 2.23. The molecule has 0 radical (unpaired) electrons. The molecule has 6 heteroatoms. The van der Waals surface area contributed by atoms with Crippen LogP contribution in [0, 0.1) is 10.7 Å². The van der Waals surface area contributed by atoms with Gasteiger partial charge in [-0.05, 0) is 50.6 Å². The van der Waals surface area contributed by atoms with E-state index in [1.807, 2.05) is 11.5 Å². The first-order valence-electron chi connectivity index (χ1n) is 5.89. The minimum Gasteiger partial charge on any atom is -0.207 e. The van der Waals surface area contributed by atoms with Gasteiger partial charge in [-0.1, -0.05) is 18.2 Å². The zero-order valence-electron chi connectivity index (χ0n) is 11.3. The smallest absolute Gasteiger partial charge is 0.207 e. The molecule has 0 aliphatic heterocycles. The van der Waals surface area contributed by atoms with Crippen LogP contribution in [0.25, 0.3) is 0 Å². The van der Waals surface area contributed by atoms with Gasteiger partial charge in [0.05, 0.1) is 4.90 Å². The summed E-state index contributed by atoms with van der Waals surface area (Å²) in [6.07, 6.45) is 0.555. The molecule has 0 saturated carbocycles. The lowest BCUT2D eigenvalue weighted by molar-refractivity contribution is 0.491. The van der Waals surface area contributed by atoms with Crippen LogP contribution >= 0.6 is 11.8 Å². The van der Waals surface area contributed by atoms with Crippen molar-refractivity contribution >= 4 is 21.8 Å². The minimum atomic E-state index is -3.53. The molecule has 0 amide bonds. The van der Waals surface area contributed by atoms with Crippen LogP contribution in [0.5, 0.6) is 0 Å². The van der Waals surface area contributed by atoms with Crippen LogP contribution in [0.1, 0.15) is 26.3 Å². The van der Waals surface area contributed by atoms with E-state index in [9.17, 15) is 8.42 Å². The van der Waals surface area contributed by atoms with Gasteiger partial charge in [0.1, 0.15) is 5.40 Å². The van der Waals surface area contributed by atoms with Gasteiger partial charge in [-0.15, -0.1) is 0 Å². The molecule has 0 heterocycles. The maximum Gasteiger partial charge on any atom is 0.241 e. The van der Waals surface area contributed by atoms with Gasteiger partial charge < -0.3 is 0 Å². The lowest BCUT2D eigenvalue weighted by atomic mass is 10.1. The molecule has 104 valence electrons. The molecule has 0 unspecified atom stereocenters. The Bertz CT molecular complexity index is 569. The van der Waals surface area contributed by atoms with Gasteiger partial charge in [-0.25, -0.2) is 13.1 Å². The molecule has 1 aromatic carbocycles. The number of thioether (sulfide) groups is 1. The number of aryl methyl sites for hydroxylation is 1. The number of thiocyanates is 1. The first-order valence-corrected chi connectivity index (χ1v) is 8.36. The number of nitriles is 1. The Morgan fingerprint density at radius 3 is 2.53 bits per heavy atom. The molecule has 0 fully saturated rings. The monoisotopic (exact) mass is 298 g/mol. The number of hydrogen-bond donors (Lipinski definition) is 1. The van der Waals surface area contributed by atoms with Crippen molar-refractivity contribution in [2.45, 2.75) is 37.6 Å². The normalized spacial score (nSPS) is 12.1. The first kappa shape index (κ1) is 16.0. The molecule has 1 N–H and O–H groups in total. The van der Waals surface area contributed by atoms with Crippen LogP contribution in [0.3, 0.4) is 0 Å². The first-order chi connectivity index (χ1) is 8.76. The van der Waals surface area contributed by atoms with E-state index < -0.39 is 15.6 Å². The lowest BCUT2D eigenvalue weighted by Crippen LogP contribution is -2.40. The maximum atomic E-state index is 12.3. The van der Waals surface area contributed by atoms with Crippen molar-refractivity contribution in [1.29, 1.82) is 5.26 Å². The molecule has 0 aliphatic rings. The molecule has 0 aliphatic carbocycles. The summed E-state index contributed by atoms with van der Waals surface area (Å²) in [6, 6.07) is 6.90. The van der Waals surface area contributed by atoms with Crippen LogP contribution in [0.15, 0.2) is 29.2 Å². The zero-order chi connectivity index (χ0) is 14.5. The van der Waals surface area contributed by atoms with Crippen molar-refractivity contribution in [3.05, 3.63) is 29.8 Å². The van der Waals surface area contributed by atoms with E-state index in [0.717, 1.165) is 17.3 Å². The van der Waals surface area contributed by atoms with E-state index in [4.69, 9.17) is 5.26 Å². The van der Waals surface area contributed by atoms with Crippen molar-refractivity contribution in [3.63, 3.8) is 0 Å². The summed E-state index contributed by atoms with van der Waals surface area (Å²) in [7, 11) is -3.53. The largest absolute Gasteiger partial charge is 0.241 e. The Morgan fingerprint density at radius 1 is 1.32 bits per heavy atom. The number of benzene rings is 1. The average Bonchev–Trinajstić information content (AvgIpc) is 2.27. The second kappa shape index (κ2) is 6.42. The predicted molar refractivity (Wildman–Crippen MR) is 78.3 cm³/mol. The van der Waals surface area contributed by atoms with Gasteiger partial charge in [0.2, 0.25) is 10.0 Å². The minimum absolute atomic E-state index is 0.295. The number of nitrogens with zero attached hydrogens (tertiary/aromatic N) is 1. The standard InChI is InChI=1S/C13H18N2O2S2/c1-13(2,3)15-19(16,17)12-7-5-4-6-11(12)8-9-18-10-14/h4-7,15H,8-9H2,1-3H3. The predicted octanol–water partition coefficient (Wildman–Crippen LogP) is 2.52. The SMILES string of the molecule is CC(C)(C)NS(=O)(=O)c1ccccc1CCSC#N. The molecule has 1 aromatic rings. The third kappa shape index (κ3) is 5.23. The average molecular weight is 298 g/mol. The summed E-state index contributed by atoms with van der Waals surface area (Å²) in [4.78, 5) is 0.295. The maximum absolute atomic E-state index is 12.3. The Kier molecular flexibility index (Phi) is 5.41. The van der Waals surface area contributed by atoms with E-state index >= 15 is 0 Å². The second-order valence-corrected chi connectivity index (χ2v) is 7.68. The molecule has 19 heavy (non-hydrogen) atoms. The second-order valence-electron chi connectivity index (χ2n) is 5.15. The Labute approximate surface area is 119 Å². The summed E-state index contributed by atoms with van der Waals surface area (Å²) >= 11 is 1.13. The van der Waals surface area contributed by atoms with E-state index in [0.29, 0.717) is 17.1 Å². The fraction of sp³-hybridized carbons (Fsp3) is 0.462. The highest BCUT2D eigenvalue weighted by atomic mass is 32.2. The van der Waals surface area contributed by atoms with E-state index in [-0.39, 0.29) is 0 Å². The lowest BCUT2D eigenvalue weighted by Gasteiger charge is -2.21. The van der Waals surface area contributed by atoms with Crippen molar-refractivity contribution in [3.8, 4) is 5.40 Å². The highest BCUT2D eigenvalue weighted by molar-refractivity contribution is 8.03. The van der Waals surface area contributed by atoms with Crippen molar-refractivity contribution < 1.29 is 8.42 Å². The number of hydrogen-bond acceptors (Lipinski definition) is 4. The highest BCUT2D eigenvalue weighted by Crippen LogP contribution is 2.19. The molecule has 4 nitrogen and oxygen atoms in total. The topological polar surface area (TPSA) is 70.0 Å². The van der Waals surface area contributed by atoms with Crippen LogP contribution in [-0.2, 0) is 16.4 Å². The van der Waals surface area contributed by atoms with E-state index in [1.54, 1.807) is 39.0 Å². The number of sulfonamides is 1. The molecular weight excluding hydrogens is 280 g/mol. The molecular formula is C13H18N2O2S2. The van der Waals surface area contributed by atoms with Crippen LogP contribution in [0.4, 0.5) is 0 Å². The third-order valence-electron chi connectivity index (χ3n) is 2.24. The summed E-state index contributed by atoms with van der Waals surface area (Å²) in [5.74, 6) is 0.582. The summed E-state index contributed by atoms with van der Waals surface area (Å²) < 4.78 is 27.3. The Balaban J connectivity index is 3.03. The van der Waals surface area contributed by atoms with E-state index in [1.165, 1.54) is 0 Å². The zero-order valence-corrected chi connectivity index (χ0v) is 12.9. The van der Waals surface area contributed by atoms with Crippen molar-refractivity contribution in [2.24, 2.45) is 0 Å². The van der Waals surface area contributed by atoms with Crippen LogP contribution in [0.2, 0.25) is 0 Å². The van der Waals surface area contributed by atoms with Gasteiger partial charge in [0, 0.05) is 11.3 Å². The molecule has 0 bridgehead atoms. The fourth-order valence-electron chi connectivity index (χ4n) is 1.64. The molecule has 0 saturated heterocycles. The summed E-state index contributed by atoms with van der Waals surface area (Å²) in [6.45, 7) is 5.41. The fourth-order valence-corrected chi connectivity index (χ4v) is 3.74. The van der Waals surface area contributed by atoms with Crippen molar-refractivity contribution in [1.82, 2.24) is 4.72 Å². The number of nitrogens with one attached hydrogen (secondary N) is 1. The number of rotatable bonds is 5. The van der Waals surface area contributed by atoms with Crippen molar-refractivity contribution in [2.75, 3.05) is 5.75 Å². The third-order valence-corrected chi connectivity index (χ3v) is 4.64. The molecule has 0 atom stereocenters. The van der Waals surface area contributed by atoms with Gasteiger partial charge in [0.25, 0.3) is 0 Å². The van der Waals surface area contributed by atoms with Crippen LogP contribution < -0.4 is 4.72 Å². The molecule has 1 rings (SSSR count). The summed E-state index contributed by atoms with van der Waals surface area (Å²) in [5, 5.41) is 10.5. The van der Waals surface area contributed by atoms with Crippen LogP contribution in [-0.4, -0.2) is 19.7 Å². The Hall–Kier alpha value is -1.03. The van der Waals surface area contributed by atoms with Gasteiger partial charge in [-0.3, -0.25) is 0 Å². The van der Waals surface area contributed by atoms with Gasteiger partial charge in [-0.2, -0.15) is 5.26 Å². The van der Waals surface area contributed by atoms with Gasteiger partial charge >= 0.3 is 0 Å². The molecule has 0 spiro atoms. The van der Waals surface area contributed by atoms with E-state index in [2.05, 4.69) is 4.72 Å². The quantitative estimate of drug-likeness (QED) is 0.670. The van der Waals surface area contributed by atoms with Gasteiger partial charge in [0.15, 0.2) is 0 Å². The molecule has 0 aromatic heterocycles. The Morgan fingerprint density at radius 2 is 1.95 bits per heavy atom. The summed E-state index contributed by atoms with van der Waals surface area (Å²) in [5.41, 5.74) is 0.217.